The lowest BCUT2D eigenvalue weighted by Crippen LogP contribution is -2.38. The Morgan fingerprint density at radius 3 is 2.47 bits per heavy atom. The van der Waals surface area contributed by atoms with Gasteiger partial charge in [-0.1, -0.05) is 0 Å². The quantitative estimate of drug-likeness (QED) is 0.795. The summed E-state index contributed by atoms with van der Waals surface area (Å²) in [5.41, 5.74) is 5.70. The van der Waals surface area contributed by atoms with Gasteiger partial charge in [0.05, 0.1) is 5.25 Å². The molecule has 1 aliphatic rings. The van der Waals surface area contributed by atoms with Crippen molar-refractivity contribution < 1.29 is 4.79 Å². The van der Waals surface area contributed by atoms with Crippen molar-refractivity contribution in [1.29, 1.82) is 0 Å². The highest BCUT2D eigenvalue weighted by atomic mass is 32.2. The van der Waals surface area contributed by atoms with Crippen LogP contribution in [0.15, 0.2) is 0 Å². The Labute approximate surface area is 96.8 Å². The Morgan fingerprint density at radius 2 is 2.00 bits per heavy atom. The molecular formula is C11H22N2OS. The van der Waals surface area contributed by atoms with Crippen LogP contribution in [0.4, 0.5) is 0 Å². The van der Waals surface area contributed by atoms with E-state index in [1.807, 2.05) is 25.7 Å². The molecular weight excluding hydrogens is 208 g/mol. The van der Waals surface area contributed by atoms with E-state index < -0.39 is 0 Å². The van der Waals surface area contributed by atoms with Gasteiger partial charge in [-0.25, -0.2) is 0 Å². The van der Waals surface area contributed by atoms with Crippen molar-refractivity contribution in [2.45, 2.75) is 44.4 Å². The second kappa shape index (κ2) is 5.21. The Kier molecular flexibility index (Phi) is 4.46. The number of carbonyl (C=O) groups is 1. The molecule has 4 heteroatoms. The van der Waals surface area contributed by atoms with Crippen molar-refractivity contribution in [2.24, 2.45) is 5.73 Å². The minimum Gasteiger partial charge on any atom is -0.342 e. The van der Waals surface area contributed by atoms with Crippen molar-refractivity contribution in [3.63, 3.8) is 0 Å². The van der Waals surface area contributed by atoms with Gasteiger partial charge in [0.25, 0.3) is 0 Å². The summed E-state index contributed by atoms with van der Waals surface area (Å²) in [6.45, 7) is 7.85. The molecule has 1 atom stereocenters. The topological polar surface area (TPSA) is 46.3 Å². The van der Waals surface area contributed by atoms with Crippen LogP contribution in [0, 0.1) is 0 Å². The van der Waals surface area contributed by atoms with Crippen LogP contribution >= 0.6 is 11.8 Å². The summed E-state index contributed by atoms with van der Waals surface area (Å²) in [7, 11) is 0. The molecule has 0 spiro atoms. The van der Waals surface area contributed by atoms with E-state index in [1.54, 1.807) is 11.8 Å². The fourth-order valence-electron chi connectivity index (χ4n) is 1.61. The third-order valence-electron chi connectivity index (χ3n) is 2.47. The van der Waals surface area contributed by atoms with Gasteiger partial charge >= 0.3 is 0 Å². The Balaban J connectivity index is 2.32. The van der Waals surface area contributed by atoms with Crippen LogP contribution in [0.3, 0.4) is 0 Å². The van der Waals surface area contributed by atoms with E-state index in [0.29, 0.717) is 0 Å². The van der Waals surface area contributed by atoms with Crippen molar-refractivity contribution in [1.82, 2.24) is 4.90 Å². The number of thioether (sulfide) groups is 1. The normalized spacial score (nSPS) is 19.3. The molecule has 0 aromatic rings. The maximum absolute atomic E-state index is 11.9. The zero-order valence-electron chi connectivity index (χ0n) is 9.95. The van der Waals surface area contributed by atoms with Crippen molar-refractivity contribution >= 4 is 17.7 Å². The van der Waals surface area contributed by atoms with Crippen LogP contribution in [0.2, 0.25) is 0 Å². The van der Waals surface area contributed by atoms with Crippen molar-refractivity contribution in [3.8, 4) is 0 Å². The van der Waals surface area contributed by atoms with Gasteiger partial charge in [0, 0.05) is 24.4 Å². The third-order valence-corrected chi connectivity index (χ3v) is 4.08. The molecule has 88 valence electrons. The number of hydrogen-bond acceptors (Lipinski definition) is 3. The number of amides is 1. The number of rotatable bonds is 4. The molecule has 1 unspecified atom stereocenters. The first-order valence-electron chi connectivity index (χ1n) is 5.59. The van der Waals surface area contributed by atoms with Crippen LogP contribution in [0.1, 0.15) is 33.6 Å². The van der Waals surface area contributed by atoms with Crippen molar-refractivity contribution in [3.05, 3.63) is 0 Å². The van der Waals surface area contributed by atoms with E-state index in [9.17, 15) is 4.79 Å². The molecule has 3 nitrogen and oxygen atoms in total. The monoisotopic (exact) mass is 230 g/mol. The van der Waals surface area contributed by atoms with Crippen LogP contribution in [-0.2, 0) is 4.79 Å². The summed E-state index contributed by atoms with van der Waals surface area (Å²) in [6, 6.07) is 0. The molecule has 0 aliphatic carbocycles. The lowest BCUT2D eigenvalue weighted by Gasteiger charge is -2.23. The molecule has 0 bridgehead atoms. The highest BCUT2D eigenvalue weighted by Gasteiger charge is 2.24. The lowest BCUT2D eigenvalue weighted by molar-refractivity contribution is -0.129. The van der Waals surface area contributed by atoms with E-state index in [2.05, 4.69) is 0 Å². The highest BCUT2D eigenvalue weighted by Crippen LogP contribution is 2.20. The first kappa shape index (κ1) is 12.8. The van der Waals surface area contributed by atoms with Gasteiger partial charge in [0.15, 0.2) is 0 Å². The second-order valence-corrected chi connectivity index (χ2v) is 6.30. The van der Waals surface area contributed by atoms with Crippen LogP contribution < -0.4 is 5.73 Å². The predicted molar refractivity (Wildman–Crippen MR) is 66.0 cm³/mol. The number of likely N-dealkylation sites (tertiary alicyclic amines) is 1. The molecule has 0 aromatic heterocycles. The van der Waals surface area contributed by atoms with Gasteiger partial charge in [0.2, 0.25) is 5.91 Å². The van der Waals surface area contributed by atoms with Gasteiger partial charge < -0.3 is 10.6 Å². The lowest BCUT2D eigenvalue weighted by atomic mass is 10.1. The van der Waals surface area contributed by atoms with Gasteiger partial charge in [-0.3, -0.25) is 4.79 Å². The largest absolute Gasteiger partial charge is 0.342 e. The maximum Gasteiger partial charge on any atom is 0.235 e. The predicted octanol–water partition coefficient (Wildman–Crippen LogP) is 1.47. The van der Waals surface area contributed by atoms with E-state index >= 15 is 0 Å². The van der Waals surface area contributed by atoms with Gasteiger partial charge in [-0.05, 0) is 33.6 Å². The molecule has 0 aromatic carbocycles. The Hall–Kier alpha value is -0.220. The SMILES string of the molecule is CC(SCC(C)(C)N)C(=O)N1CCCC1. The smallest absolute Gasteiger partial charge is 0.235 e. The molecule has 15 heavy (non-hydrogen) atoms. The van der Waals surface area contributed by atoms with E-state index in [-0.39, 0.29) is 16.7 Å². The Bertz CT molecular complexity index is 219. The Morgan fingerprint density at radius 1 is 1.47 bits per heavy atom. The third kappa shape index (κ3) is 4.43. The summed E-state index contributed by atoms with van der Waals surface area (Å²) in [6.07, 6.45) is 2.32. The summed E-state index contributed by atoms with van der Waals surface area (Å²) in [5, 5.41) is 0.0472. The molecule has 1 fully saturated rings. The second-order valence-electron chi connectivity index (χ2n) is 4.97. The minimum atomic E-state index is -0.190. The molecule has 0 radical (unpaired) electrons. The number of nitrogens with zero attached hydrogens (tertiary/aromatic N) is 1. The maximum atomic E-state index is 11.9. The zero-order valence-corrected chi connectivity index (χ0v) is 10.8. The zero-order chi connectivity index (χ0) is 11.5. The highest BCUT2D eigenvalue weighted by molar-refractivity contribution is 8.00. The summed E-state index contributed by atoms with van der Waals surface area (Å²) in [4.78, 5) is 13.9. The molecule has 1 saturated heterocycles. The molecule has 1 rings (SSSR count). The first-order chi connectivity index (χ1) is 6.90. The minimum absolute atomic E-state index is 0.0472. The van der Waals surface area contributed by atoms with Crippen LogP contribution in [0.25, 0.3) is 0 Å². The molecule has 0 saturated carbocycles. The standard InChI is InChI=1S/C11H22N2OS/c1-9(15-8-11(2,3)12)10(14)13-6-4-5-7-13/h9H,4-8,12H2,1-3H3. The first-order valence-corrected chi connectivity index (χ1v) is 6.64. The fraction of sp³-hybridized carbons (Fsp3) is 0.909. The summed E-state index contributed by atoms with van der Waals surface area (Å²) < 4.78 is 0. The van der Waals surface area contributed by atoms with Crippen LogP contribution in [0.5, 0.6) is 0 Å². The molecule has 1 heterocycles. The van der Waals surface area contributed by atoms with E-state index in [0.717, 1.165) is 31.7 Å². The fourth-order valence-corrected chi connectivity index (χ4v) is 2.58. The van der Waals surface area contributed by atoms with Crippen LogP contribution in [-0.4, -0.2) is 40.4 Å². The number of carbonyl (C=O) groups excluding carboxylic acids is 1. The molecule has 1 aliphatic heterocycles. The molecule has 1 amide bonds. The van der Waals surface area contributed by atoms with Gasteiger partial charge in [-0.2, -0.15) is 0 Å². The number of hydrogen-bond donors (Lipinski definition) is 1. The number of nitrogens with two attached hydrogens (primary N) is 1. The van der Waals surface area contributed by atoms with E-state index in [4.69, 9.17) is 5.73 Å². The average molecular weight is 230 g/mol. The molecule has 2 N–H and O–H groups in total. The van der Waals surface area contributed by atoms with Crippen molar-refractivity contribution in [2.75, 3.05) is 18.8 Å². The van der Waals surface area contributed by atoms with E-state index in [1.165, 1.54) is 0 Å². The van der Waals surface area contributed by atoms with Gasteiger partial charge in [0.1, 0.15) is 0 Å². The summed E-state index contributed by atoms with van der Waals surface area (Å²) in [5.74, 6) is 1.11. The summed E-state index contributed by atoms with van der Waals surface area (Å²) >= 11 is 1.66. The average Bonchev–Trinajstić information content (AvgIpc) is 2.64. The van der Waals surface area contributed by atoms with Gasteiger partial charge in [-0.15, -0.1) is 11.8 Å².